The van der Waals surface area contributed by atoms with Crippen molar-refractivity contribution in [3.8, 4) is 5.75 Å². The number of halogens is 1. The van der Waals surface area contributed by atoms with Gasteiger partial charge in [-0.2, -0.15) is 0 Å². The maximum absolute atomic E-state index is 13.6. The second-order valence-electron chi connectivity index (χ2n) is 5.98. The number of ether oxygens (including phenoxy) is 1. The van der Waals surface area contributed by atoms with Crippen molar-refractivity contribution in [1.82, 2.24) is 5.32 Å². The molecule has 2 rings (SSSR count). The molecule has 3 heteroatoms. The molecule has 1 N–H and O–H groups in total. The van der Waals surface area contributed by atoms with E-state index in [1.165, 1.54) is 18.9 Å². The van der Waals surface area contributed by atoms with Crippen molar-refractivity contribution in [2.45, 2.75) is 39.0 Å². The van der Waals surface area contributed by atoms with Crippen LogP contribution in [0.2, 0.25) is 0 Å². The Morgan fingerprint density at radius 1 is 1.35 bits per heavy atom. The van der Waals surface area contributed by atoms with Gasteiger partial charge in [0.1, 0.15) is 11.6 Å². The summed E-state index contributed by atoms with van der Waals surface area (Å²) in [7, 11) is 1.67. The van der Waals surface area contributed by atoms with Gasteiger partial charge in [-0.15, -0.1) is 0 Å². The first-order chi connectivity index (χ1) is 9.65. The zero-order valence-electron chi connectivity index (χ0n) is 12.8. The molecule has 0 radical (unpaired) electrons. The van der Waals surface area contributed by atoms with E-state index in [-0.39, 0.29) is 5.82 Å². The second-order valence-corrected chi connectivity index (χ2v) is 5.98. The van der Waals surface area contributed by atoms with Crippen LogP contribution >= 0.6 is 0 Å². The van der Waals surface area contributed by atoms with Crippen LogP contribution in [0.25, 0.3) is 0 Å². The Kier molecular flexibility index (Phi) is 5.41. The first-order valence-electron chi connectivity index (χ1n) is 7.69. The van der Waals surface area contributed by atoms with E-state index < -0.39 is 0 Å². The van der Waals surface area contributed by atoms with Crippen LogP contribution in [0, 0.1) is 17.7 Å². The first kappa shape index (κ1) is 15.3. The molecule has 20 heavy (non-hydrogen) atoms. The lowest BCUT2D eigenvalue weighted by atomic mass is 9.71. The zero-order valence-corrected chi connectivity index (χ0v) is 12.8. The van der Waals surface area contributed by atoms with Crippen LogP contribution in [-0.4, -0.2) is 20.2 Å². The molecular formula is C17H26FNO. The molecule has 1 fully saturated rings. The molecule has 1 aromatic rings. The molecule has 1 saturated carbocycles. The third-order valence-electron chi connectivity index (χ3n) is 4.50. The van der Waals surface area contributed by atoms with Gasteiger partial charge in [0.25, 0.3) is 0 Å². The average Bonchev–Trinajstić information content (AvgIpc) is 2.46. The Morgan fingerprint density at radius 2 is 2.15 bits per heavy atom. The van der Waals surface area contributed by atoms with E-state index in [0.29, 0.717) is 17.8 Å². The standard InChI is InChI=1S/C17H26FNO/c1-4-19-11-13-6-5-12(2)9-15(13)16-10-14(18)7-8-17(16)20-3/h7-8,10,12-13,15,19H,4-6,9,11H2,1-3H3. The fourth-order valence-electron chi connectivity index (χ4n) is 3.39. The van der Waals surface area contributed by atoms with Crippen molar-refractivity contribution in [3.63, 3.8) is 0 Å². The summed E-state index contributed by atoms with van der Waals surface area (Å²) in [5.41, 5.74) is 1.04. The highest BCUT2D eigenvalue weighted by Gasteiger charge is 2.31. The van der Waals surface area contributed by atoms with Crippen LogP contribution in [0.5, 0.6) is 5.75 Å². The van der Waals surface area contributed by atoms with Crippen LogP contribution < -0.4 is 10.1 Å². The summed E-state index contributed by atoms with van der Waals surface area (Å²) in [4.78, 5) is 0. The van der Waals surface area contributed by atoms with Crippen molar-refractivity contribution in [3.05, 3.63) is 29.6 Å². The number of methoxy groups -OCH3 is 1. The van der Waals surface area contributed by atoms with Crippen LogP contribution in [0.4, 0.5) is 4.39 Å². The van der Waals surface area contributed by atoms with Crippen LogP contribution in [0.15, 0.2) is 18.2 Å². The maximum Gasteiger partial charge on any atom is 0.123 e. The van der Waals surface area contributed by atoms with E-state index in [0.717, 1.165) is 30.8 Å². The van der Waals surface area contributed by atoms with E-state index in [1.54, 1.807) is 19.2 Å². The maximum atomic E-state index is 13.6. The summed E-state index contributed by atoms with van der Waals surface area (Å²) < 4.78 is 19.1. The highest BCUT2D eigenvalue weighted by Crippen LogP contribution is 2.43. The summed E-state index contributed by atoms with van der Waals surface area (Å²) >= 11 is 0. The Morgan fingerprint density at radius 3 is 2.85 bits per heavy atom. The lowest BCUT2D eigenvalue weighted by Crippen LogP contribution is -2.31. The zero-order chi connectivity index (χ0) is 14.5. The van der Waals surface area contributed by atoms with Crippen molar-refractivity contribution in [1.29, 1.82) is 0 Å². The van der Waals surface area contributed by atoms with E-state index in [4.69, 9.17) is 4.74 Å². The van der Waals surface area contributed by atoms with Gasteiger partial charge in [0.2, 0.25) is 0 Å². The number of hydrogen-bond acceptors (Lipinski definition) is 2. The number of hydrogen-bond donors (Lipinski definition) is 1. The van der Waals surface area contributed by atoms with Crippen molar-refractivity contribution in [2.75, 3.05) is 20.2 Å². The number of rotatable bonds is 5. The Bertz CT molecular complexity index is 433. The minimum atomic E-state index is -0.166. The minimum Gasteiger partial charge on any atom is -0.496 e. The summed E-state index contributed by atoms with van der Waals surface area (Å²) in [6.45, 7) is 6.41. The molecule has 0 saturated heterocycles. The lowest BCUT2D eigenvalue weighted by molar-refractivity contribution is 0.238. The molecule has 0 aliphatic heterocycles. The predicted molar refractivity (Wildman–Crippen MR) is 80.7 cm³/mol. The summed E-state index contributed by atoms with van der Waals surface area (Å²) in [5.74, 6) is 2.32. The third-order valence-corrected chi connectivity index (χ3v) is 4.50. The fourth-order valence-corrected chi connectivity index (χ4v) is 3.39. The molecule has 0 aromatic heterocycles. The lowest BCUT2D eigenvalue weighted by Gasteiger charge is -2.36. The van der Waals surface area contributed by atoms with Gasteiger partial charge in [-0.05, 0) is 61.9 Å². The number of nitrogens with one attached hydrogen (secondary N) is 1. The predicted octanol–water partition coefficient (Wildman–Crippen LogP) is 3.96. The topological polar surface area (TPSA) is 21.3 Å². The average molecular weight is 279 g/mol. The largest absolute Gasteiger partial charge is 0.496 e. The summed E-state index contributed by atoms with van der Waals surface area (Å²) in [5, 5.41) is 3.45. The molecule has 0 heterocycles. The van der Waals surface area contributed by atoms with Crippen LogP contribution in [-0.2, 0) is 0 Å². The molecule has 2 nitrogen and oxygen atoms in total. The van der Waals surface area contributed by atoms with E-state index in [2.05, 4.69) is 19.2 Å². The van der Waals surface area contributed by atoms with Crippen molar-refractivity contribution >= 4 is 0 Å². The highest BCUT2D eigenvalue weighted by molar-refractivity contribution is 5.37. The summed E-state index contributed by atoms with van der Waals surface area (Å²) in [6, 6.07) is 4.91. The Labute approximate surface area is 121 Å². The van der Waals surface area contributed by atoms with E-state index in [9.17, 15) is 4.39 Å². The van der Waals surface area contributed by atoms with Gasteiger partial charge in [-0.1, -0.05) is 20.3 Å². The molecule has 1 aliphatic rings. The van der Waals surface area contributed by atoms with Crippen LogP contribution in [0.3, 0.4) is 0 Å². The van der Waals surface area contributed by atoms with E-state index in [1.807, 2.05) is 0 Å². The molecule has 1 aromatic carbocycles. The Hall–Kier alpha value is -1.09. The highest BCUT2D eigenvalue weighted by atomic mass is 19.1. The quantitative estimate of drug-likeness (QED) is 0.880. The molecular weight excluding hydrogens is 253 g/mol. The molecule has 3 unspecified atom stereocenters. The van der Waals surface area contributed by atoms with Gasteiger partial charge in [-0.3, -0.25) is 0 Å². The second kappa shape index (κ2) is 7.07. The fraction of sp³-hybridized carbons (Fsp3) is 0.647. The van der Waals surface area contributed by atoms with Crippen LogP contribution in [0.1, 0.15) is 44.6 Å². The molecule has 1 aliphatic carbocycles. The molecule has 3 atom stereocenters. The van der Waals surface area contributed by atoms with E-state index >= 15 is 0 Å². The summed E-state index contributed by atoms with van der Waals surface area (Å²) in [6.07, 6.45) is 3.60. The molecule has 0 spiro atoms. The smallest absolute Gasteiger partial charge is 0.123 e. The number of benzene rings is 1. The van der Waals surface area contributed by atoms with Crippen molar-refractivity contribution < 1.29 is 9.13 Å². The molecule has 0 amide bonds. The SMILES string of the molecule is CCNCC1CCC(C)CC1c1cc(F)ccc1OC. The van der Waals surface area contributed by atoms with Gasteiger partial charge in [0.15, 0.2) is 0 Å². The van der Waals surface area contributed by atoms with Gasteiger partial charge < -0.3 is 10.1 Å². The third kappa shape index (κ3) is 3.51. The van der Waals surface area contributed by atoms with Gasteiger partial charge in [0, 0.05) is 5.56 Å². The minimum absolute atomic E-state index is 0.166. The molecule has 0 bridgehead atoms. The first-order valence-corrected chi connectivity index (χ1v) is 7.69. The van der Waals surface area contributed by atoms with Gasteiger partial charge in [0.05, 0.1) is 7.11 Å². The molecule has 112 valence electrons. The van der Waals surface area contributed by atoms with Gasteiger partial charge >= 0.3 is 0 Å². The van der Waals surface area contributed by atoms with Gasteiger partial charge in [-0.25, -0.2) is 4.39 Å². The normalized spacial score (nSPS) is 26.5. The van der Waals surface area contributed by atoms with Crippen molar-refractivity contribution in [2.24, 2.45) is 11.8 Å². The Balaban J connectivity index is 2.27. The monoisotopic (exact) mass is 279 g/mol.